The van der Waals surface area contributed by atoms with E-state index >= 15 is 0 Å². The third-order valence-electron chi connectivity index (χ3n) is 4.50. The molecule has 3 nitrogen and oxygen atoms in total. The Morgan fingerprint density at radius 1 is 1.09 bits per heavy atom. The van der Waals surface area contributed by atoms with Crippen LogP contribution in [0.1, 0.15) is 41.5 Å². The lowest BCUT2D eigenvalue weighted by Gasteiger charge is -2.35. The van der Waals surface area contributed by atoms with Crippen molar-refractivity contribution in [2.45, 2.75) is 59.7 Å². The number of esters is 1. The molecule has 0 radical (unpaired) electrons. The van der Waals surface area contributed by atoms with Gasteiger partial charge >= 0.3 is 5.97 Å². The lowest BCUT2D eigenvalue weighted by molar-refractivity contribution is -0.137. The highest BCUT2D eigenvalue weighted by molar-refractivity contribution is 6.84. The van der Waals surface area contributed by atoms with E-state index in [0.717, 1.165) is 19.6 Å². The summed E-state index contributed by atoms with van der Waals surface area (Å²) in [5.74, 6) is -0.261. The van der Waals surface area contributed by atoms with Crippen LogP contribution in [0.15, 0.2) is 23.4 Å². The van der Waals surface area contributed by atoms with E-state index < -0.39 is 8.07 Å². The Hall–Kier alpha value is -0.873. The number of carbonyl (C=O) groups is 1. The SMILES string of the molecule is CCOC(=O)/C=C/C(=C/[Si](C)(C)C(C)(C)C)CN(CC)CC. The maximum absolute atomic E-state index is 11.6. The highest BCUT2D eigenvalue weighted by Gasteiger charge is 2.33. The van der Waals surface area contributed by atoms with Gasteiger partial charge in [-0.15, -0.1) is 0 Å². The normalized spacial score (nSPS) is 14.0. The van der Waals surface area contributed by atoms with E-state index in [1.807, 2.05) is 13.0 Å². The standard InChI is InChI=1S/C18H35NO2Si/c1-9-19(10-2)14-16(12-13-17(20)21-11-3)15-22(7,8)18(4,5)6/h12-13,15H,9-11,14H2,1-8H3/b13-12+,16-15-. The van der Waals surface area contributed by atoms with E-state index in [-0.39, 0.29) is 5.97 Å². The Balaban J connectivity index is 5.37. The molecule has 0 saturated carbocycles. The summed E-state index contributed by atoms with van der Waals surface area (Å²) in [7, 11) is -1.54. The first-order chi connectivity index (χ1) is 10.1. The summed E-state index contributed by atoms with van der Waals surface area (Å²) in [6, 6.07) is 0. The van der Waals surface area contributed by atoms with Gasteiger partial charge in [0, 0.05) is 12.6 Å². The number of carbonyl (C=O) groups excluding carboxylic acids is 1. The first-order valence-electron chi connectivity index (χ1n) is 8.36. The van der Waals surface area contributed by atoms with Crippen LogP contribution < -0.4 is 0 Å². The van der Waals surface area contributed by atoms with Crippen molar-refractivity contribution in [3.05, 3.63) is 23.4 Å². The second-order valence-corrected chi connectivity index (χ2v) is 12.5. The first kappa shape index (κ1) is 21.1. The molecular formula is C18H35NO2Si. The van der Waals surface area contributed by atoms with Crippen molar-refractivity contribution < 1.29 is 9.53 Å². The number of hydrogen-bond donors (Lipinski definition) is 0. The minimum absolute atomic E-state index is 0.261. The second kappa shape index (κ2) is 9.31. The van der Waals surface area contributed by atoms with Gasteiger partial charge in [-0.1, -0.05) is 59.5 Å². The van der Waals surface area contributed by atoms with Crippen molar-refractivity contribution in [3.8, 4) is 0 Å². The number of hydrogen-bond acceptors (Lipinski definition) is 3. The van der Waals surface area contributed by atoms with Crippen molar-refractivity contribution in [3.63, 3.8) is 0 Å². The second-order valence-electron chi connectivity index (χ2n) is 7.24. The van der Waals surface area contributed by atoms with Crippen molar-refractivity contribution in [2.24, 2.45) is 0 Å². The molecule has 0 fully saturated rings. The average Bonchev–Trinajstić information content (AvgIpc) is 2.40. The zero-order valence-electron chi connectivity index (χ0n) is 15.8. The van der Waals surface area contributed by atoms with Crippen LogP contribution in [0.2, 0.25) is 18.1 Å². The van der Waals surface area contributed by atoms with Gasteiger partial charge in [-0.2, -0.15) is 0 Å². The summed E-state index contributed by atoms with van der Waals surface area (Å²) in [5, 5.41) is 0.291. The van der Waals surface area contributed by atoms with Crippen LogP contribution in [0.25, 0.3) is 0 Å². The van der Waals surface area contributed by atoms with E-state index in [9.17, 15) is 4.79 Å². The molecule has 0 aliphatic rings. The van der Waals surface area contributed by atoms with Gasteiger partial charge in [0.2, 0.25) is 0 Å². The molecule has 4 heteroatoms. The summed E-state index contributed by atoms with van der Waals surface area (Å²) < 4.78 is 4.99. The Labute approximate surface area is 138 Å². The Kier molecular flexibility index (Phi) is 8.94. The van der Waals surface area contributed by atoms with Gasteiger partial charge < -0.3 is 4.74 Å². The van der Waals surface area contributed by atoms with Gasteiger partial charge in [0.1, 0.15) is 0 Å². The van der Waals surface area contributed by atoms with Crippen LogP contribution in [-0.4, -0.2) is 45.2 Å². The maximum Gasteiger partial charge on any atom is 0.330 e. The molecule has 0 saturated heterocycles. The fourth-order valence-electron chi connectivity index (χ4n) is 1.90. The zero-order valence-corrected chi connectivity index (χ0v) is 16.8. The Morgan fingerprint density at radius 3 is 2.05 bits per heavy atom. The minimum Gasteiger partial charge on any atom is -0.463 e. The molecule has 0 N–H and O–H groups in total. The molecule has 0 aromatic heterocycles. The third-order valence-corrected chi connectivity index (χ3v) is 9.46. The molecule has 0 aliphatic heterocycles. The lowest BCUT2D eigenvalue weighted by atomic mass is 10.2. The number of nitrogens with zero attached hydrogens (tertiary/aromatic N) is 1. The van der Waals surface area contributed by atoms with Gasteiger partial charge in [-0.25, -0.2) is 4.79 Å². The Bertz CT molecular complexity index is 402. The number of likely N-dealkylation sites (N-methyl/N-ethyl adjacent to an activating group) is 1. The van der Waals surface area contributed by atoms with E-state index in [1.54, 1.807) is 6.08 Å². The summed E-state index contributed by atoms with van der Waals surface area (Å²) in [4.78, 5) is 14.0. The molecule has 0 spiro atoms. The topological polar surface area (TPSA) is 29.5 Å². The van der Waals surface area contributed by atoms with Crippen molar-refractivity contribution in [1.29, 1.82) is 0 Å². The van der Waals surface area contributed by atoms with Gasteiger partial charge in [0.25, 0.3) is 0 Å². The molecule has 128 valence electrons. The highest BCUT2D eigenvalue weighted by atomic mass is 28.3. The van der Waals surface area contributed by atoms with Crippen molar-refractivity contribution in [1.82, 2.24) is 4.90 Å². The third kappa shape index (κ3) is 7.41. The number of rotatable bonds is 8. The average molecular weight is 326 g/mol. The summed E-state index contributed by atoms with van der Waals surface area (Å²) in [6.45, 7) is 21.2. The van der Waals surface area contributed by atoms with Crippen LogP contribution in [-0.2, 0) is 9.53 Å². The molecule has 22 heavy (non-hydrogen) atoms. The fraction of sp³-hybridized carbons (Fsp3) is 0.722. The smallest absolute Gasteiger partial charge is 0.330 e. The minimum atomic E-state index is -1.54. The van der Waals surface area contributed by atoms with Crippen molar-refractivity contribution >= 4 is 14.0 Å². The van der Waals surface area contributed by atoms with E-state index in [0.29, 0.717) is 11.6 Å². The summed E-state index contributed by atoms with van der Waals surface area (Å²) in [6.07, 6.45) is 3.50. The molecule has 0 heterocycles. The van der Waals surface area contributed by atoms with Gasteiger partial charge in [-0.05, 0) is 30.6 Å². The summed E-state index contributed by atoms with van der Waals surface area (Å²) in [5.41, 5.74) is 3.66. The Morgan fingerprint density at radius 2 is 1.64 bits per heavy atom. The molecule has 0 rings (SSSR count). The first-order valence-corrected chi connectivity index (χ1v) is 11.4. The number of ether oxygens (including phenoxy) is 1. The predicted octanol–water partition coefficient (Wildman–Crippen LogP) is 4.42. The highest BCUT2D eigenvalue weighted by Crippen LogP contribution is 2.37. The van der Waals surface area contributed by atoms with Gasteiger partial charge in [0.15, 0.2) is 0 Å². The lowest BCUT2D eigenvalue weighted by Crippen LogP contribution is -2.36. The van der Waals surface area contributed by atoms with Gasteiger partial charge in [0.05, 0.1) is 14.7 Å². The van der Waals surface area contributed by atoms with E-state index in [4.69, 9.17) is 4.74 Å². The molecule has 0 bridgehead atoms. The van der Waals surface area contributed by atoms with Crippen LogP contribution in [0.3, 0.4) is 0 Å². The molecule has 0 aromatic carbocycles. The zero-order chi connectivity index (χ0) is 17.4. The quantitative estimate of drug-likeness (QED) is 0.286. The predicted molar refractivity (Wildman–Crippen MR) is 98.8 cm³/mol. The van der Waals surface area contributed by atoms with Crippen LogP contribution in [0.4, 0.5) is 0 Å². The van der Waals surface area contributed by atoms with Crippen molar-refractivity contribution in [2.75, 3.05) is 26.2 Å². The summed E-state index contributed by atoms with van der Waals surface area (Å²) >= 11 is 0. The fourth-order valence-corrected chi connectivity index (χ4v) is 3.44. The molecule has 0 aromatic rings. The van der Waals surface area contributed by atoms with Crippen LogP contribution in [0.5, 0.6) is 0 Å². The van der Waals surface area contributed by atoms with E-state index in [2.05, 4.69) is 58.3 Å². The van der Waals surface area contributed by atoms with Crippen LogP contribution in [0, 0.1) is 0 Å². The molecule has 0 atom stereocenters. The molecule has 0 amide bonds. The van der Waals surface area contributed by atoms with Gasteiger partial charge in [-0.3, -0.25) is 4.90 Å². The monoisotopic (exact) mass is 325 g/mol. The van der Waals surface area contributed by atoms with E-state index in [1.165, 1.54) is 5.57 Å². The largest absolute Gasteiger partial charge is 0.463 e. The molecule has 0 aliphatic carbocycles. The maximum atomic E-state index is 11.6. The molecule has 0 unspecified atom stereocenters. The van der Waals surface area contributed by atoms with Crippen LogP contribution >= 0.6 is 0 Å². The molecular weight excluding hydrogens is 290 g/mol.